The summed E-state index contributed by atoms with van der Waals surface area (Å²) in [4.78, 5) is 33.8. The van der Waals surface area contributed by atoms with Crippen LogP contribution in [-0.4, -0.2) is 59.6 Å². The maximum absolute atomic E-state index is 12.8. The van der Waals surface area contributed by atoms with Gasteiger partial charge in [0.1, 0.15) is 5.01 Å². The van der Waals surface area contributed by atoms with Gasteiger partial charge >= 0.3 is 6.09 Å². The van der Waals surface area contributed by atoms with E-state index in [0.717, 1.165) is 16.3 Å². The molecule has 1 fully saturated rings. The number of carbonyl (C=O) groups is 2. The summed E-state index contributed by atoms with van der Waals surface area (Å²) in [5.74, 6) is -0.0136. The summed E-state index contributed by atoms with van der Waals surface area (Å²) in [5.41, 5.74) is 2.64. The van der Waals surface area contributed by atoms with Crippen LogP contribution in [0.2, 0.25) is 0 Å². The first-order chi connectivity index (χ1) is 12.5. The molecule has 0 atom stereocenters. The first-order valence-electron chi connectivity index (χ1n) is 8.75. The molecule has 0 aliphatic carbocycles. The molecule has 0 spiro atoms. The highest BCUT2D eigenvalue weighted by Gasteiger charge is 2.25. The number of carbonyl (C=O) groups excluding carboxylic acids is 2. The minimum absolute atomic E-state index is 0.0136. The van der Waals surface area contributed by atoms with Crippen molar-refractivity contribution in [3.63, 3.8) is 0 Å². The van der Waals surface area contributed by atoms with Gasteiger partial charge in [0.15, 0.2) is 0 Å². The molecule has 0 saturated carbocycles. The summed E-state index contributed by atoms with van der Waals surface area (Å²) in [6.45, 7) is 8.21. The van der Waals surface area contributed by atoms with E-state index in [4.69, 9.17) is 4.74 Å². The SMILES string of the molecule is CCOC(=O)N1CCN(C(=O)c2cccc(-c3nc(C)c(C)s3)c2)CC1. The third-order valence-electron chi connectivity index (χ3n) is 4.48. The summed E-state index contributed by atoms with van der Waals surface area (Å²) in [7, 11) is 0. The van der Waals surface area contributed by atoms with Crippen molar-refractivity contribution in [1.29, 1.82) is 0 Å². The van der Waals surface area contributed by atoms with E-state index in [-0.39, 0.29) is 12.0 Å². The Bertz CT molecular complexity index is 791. The van der Waals surface area contributed by atoms with Crippen molar-refractivity contribution in [2.75, 3.05) is 32.8 Å². The Morgan fingerprint density at radius 2 is 1.85 bits per heavy atom. The standard InChI is InChI=1S/C19H23N3O3S/c1-4-25-19(24)22-10-8-21(9-11-22)18(23)16-7-5-6-15(12-16)17-20-13(2)14(3)26-17/h5-7,12H,4,8-11H2,1-3H3. The zero-order chi connectivity index (χ0) is 18.7. The Kier molecular flexibility index (Phi) is 5.56. The number of benzene rings is 1. The molecule has 3 rings (SSSR count). The van der Waals surface area contributed by atoms with E-state index in [9.17, 15) is 9.59 Å². The highest BCUT2D eigenvalue weighted by Crippen LogP contribution is 2.28. The van der Waals surface area contributed by atoms with Crippen LogP contribution in [0.1, 0.15) is 27.9 Å². The lowest BCUT2D eigenvalue weighted by atomic mass is 10.1. The van der Waals surface area contributed by atoms with Crippen LogP contribution in [0.3, 0.4) is 0 Å². The van der Waals surface area contributed by atoms with Crippen LogP contribution in [0.25, 0.3) is 10.6 Å². The maximum atomic E-state index is 12.8. The van der Waals surface area contributed by atoms with E-state index >= 15 is 0 Å². The minimum Gasteiger partial charge on any atom is -0.450 e. The lowest BCUT2D eigenvalue weighted by molar-refractivity contribution is 0.0570. The second kappa shape index (κ2) is 7.86. The summed E-state index contributed by atoms with van der Waals surface area (Å²) in [6, 6.07) is 7.60. The van der Waals surface area contributed by atoms with Crippen molar-refractivity contribution in [3.8, 4) is 10.6 Å². The van der Waals surface area contributed by atoms with Crippen LogP contribution in [0.15, 0.2) is 24.3 Å². The molecule has 7 heteroatoms. The molecule has 1 aliphatic rings. The number of amides is 2. The van der Waals surface area contributed by atoms with Crippen molar-refractivity contribution in [3.05, 3.63) is 40.4 Å². The molecule has 0 N–H and O–H groups in total. The van der Waals surface area contributed by atoms with E-state index in [1.807, 2.05) is 31.2 Å². The molecule has 6 nitrogen and oxygen atoms in total. The first kappa shape index (κ1) is 18.4. The Balaban J connectivity index is 1.69. The van der Waals surface area contributed by atoms with E-state index in [2.05, 4.69) is 11.9 Å². The number of hydrogen-bond donors (Lipinski definition) is 0. The second-order valence-electron chi connectivity index (χ2n) is 6.22. The molecule has 1 saturated heterocycles. The van der Waals surface area contributed by atoms with Crippen LogP contribution in [0.4, 0.5) is 4.79 Å². The van der Waals surface area contributed by atoms with E-state index in [1.165, 1.54) is 4.88 Å². The third kappa shape index (κ3) is 3.88. The van der Waals surface area contributed by atoms with Gasteiger partial charge in [0, 0.05) is 42.2 Å². The molecule has 0 unspecified atom stereocenters. The number of aryl methyl sites for hydroxylation is 2. The largest absolute Gasteiger partial charge is 0.450 e. The van der Waals surface area contributed by atoms with Gasteiger partial charge in [-0.2, -0.15) is 0 Å². The predicted octanol–water partition coefficient (Wildman–Crippen LogP) is 3.34. The van der Waals surface area contributed by atoms with Gasteiger partial charge in [0.2, 0.25) is 0 Å². The molecule has 2 aromatic rings. The number of rotatable bonds is 3. The fraction of sp³-hybridized carbons (Fsp3) is 0.421. The molecule has 1 aromatic heterocycles. The number of aromatic nitrogens is 1. The summed E-state index contributed by atoms with van der Waals surface area (Å²) in [6.07, 6.45) is -0.309. The van der Waals surface area contributed by atoms with Crippen molar-refractivity contribution >= 4 is 23.3 Å². The predicted molar refractivity (Wildman–Crippen MR) is 102 cm³/mol. The lowest BCUT2D eigenvalue weighted by Gasteiger charge is -2.34. The number of thiazole rings is 1. The van der Waals surface area contributed by atoms with Gasteiger partial charge in [-0.1, -0.05) is 12.1 Å². The number of piperazine rings is 1. The van der Waals surface area contributed by atoms with Gasteiger partial charge in [-0.25, -0.2) is 9.78 Å². The quantitative estimate of drug-likeness (QED) is 0.828. The Morgan fingerprint density at radius 1 is 1.15 bits per heavy atom. The topological polar surface area (TPSA) is 62.7 Å². The minimum atomic E-state index is -0.309. The second-order valence-corrected chi connectivity index (χ2v) is 7.42. The Morgan fingerprint density at radius 3 is 2.46 bits per heavy atom. The molecular weight excluding hydrogens is 350 g/mol. The summed E-state index contributed by atoms with van der Waals surface area (Å²) < 4.78 is 5.02. The Hall–Kier alpha value is -2.41. The van der Waals surface area contributed by atoms with Crippen LogP contribution in [-0.2, 0) is 4.74 Å². The van der Waals surface area contributed by atoms with Gasteiger partial charge in [0.25, 0.3) is 5.91 Å². The van der Waals surface area contributed by atoms with Crippen LogP contribution in [0, 0.1) is 13.8 Å². The van der Waals surface area contributed by atoms with Crippen molar-refractivity contribution in [2.45, 2.75) is 20.8 Å². The smallest absolute Gasteiger partial charge is 0.409 e. The molecule has 1 aromatic carbocycles. The number of ether oxygens (including phenoxy) is 1. The molecular formula is C19H23N3O3S. The highest BCUT2D eigenvalue weighted by atomic mass is 32.1. The molecule has 0 radical (unpaired) electrons. The van der Waals surface area contributed by atoms with Gasteiger partial charge in [-0.05, 0) is 32.9 Å². The third-order valence-corrected chi connectivity index (χ3v) is 5.60. The molecule has 26 heavy (non-hydrogen) atoms. The van der Waals surface area contributed by atoms with Gasteiger partial charge in [-0.15, -0.1) is 11.3 Å². The van der Waals surface area contributed by atoms with Crippen LogP contribution in [0.5, 0.6) is 0 Å². The monoisotopic (exact) mass is 373 g/mol. The van der Waals surface area contributed by atoms with Crippen molar-refractivity contribution in [2.24, 2.45) is 0 Å². The van der Waals surface area contributed by atoms with E-state index in [1.54, 1.807) is 28.1 Å². The zero-order valence-electron chi connectivity index (χ0n) is 15.3. The van der Waals surface area contributed by atoms with Crippen molar-refractivity contribution < 1.29 is 14.3 Å². The average molecular weight is 373 g/mol. The van der Waals surface area contributed by atoms with Gasteiger partial charge < -0.3 is 14.5 Å². The molecule has 138 valence electrons. The highest BCUT2D eigenvalue weighted by molar-refractivity contribution is 7.15. The summed E-state index contributed by atoms with van der Waals surface area (Å²) in [5, 5.41) is 0.932. The lowest BCUT2D eigenvalue weighted by Crippen LogP contribution is -2.50. The number of hydrogen-bond acceptors (Lipinski definition) is 5. The fourth-order valence-electron chi connectivity index (χ4n) is 2.87. The average Bonchev–Trinajstić information content (AvgIpc) is 3.00. The molecule has 0 bridgehead atoms. The normalized spacial score (nSPS) is 14.4. The Labute approximate surface area is 157 Å². The van der Waals surface area contributed by atoms with Gasteiger partial charge in [0.05, 0.1) is 12.3 Å². The fourth-order valence-corrected chi connectivity index (χ4v) is 3.78. The van der Waals surface area contributed by atoms with E-state index in [0.29, 0.717) is 38.3 Å². The van der Waals surface area contributed by atoms with E-state index < -0.39 is 0 Å². The summed E-state index contributed by atoms with van der Waals surface area (Å²) >= 11 is 1.64. The molecule has 1 aliphatic heterocycles. The first-order valence-corrected chi connectivity index (χ1v) is 9.56. The van der Waals surface area contributed by atoms with Crippen molar-refractivity contribution in [1.82, 2.24) is 14.8 Å². The van der Waals surface area contributed by atoms with Crippen LogP contribution >= 0.6 is 11.3 Å². The number of nitrogens with zero attached hydrogens (tertiary/aromatic N) is 3. The van der Waals surface area contributed by atoms with Gasteiger partial charge in [-0.3, -0.25) is 4.79 Å². The maximum Gasteiger partial charge on any atom is 0.409 e. The van der Waals surface area contributed by atoms with Crippen LogP contribution < -0.4 is 0 Å². The molecule has 2 heterocycles. The zero-order valence-corrected chi connectivity index (χ0v) is 16.1. The molecule has 2 amide bonds.